The minimum atomic E-state index is -0.0993. The molecule has 0 bridgehead atoms. The minimum absolute atomic E-state index is 0.0993. The third-order valence-corrected chi connectivity index (χ3v) is 4.97. The lowest BCUT2D eigenvalue weighted by Gasteiger charge is -2.33. The van der Waals surface area contributed by atoms with E-state index in [4.69, 9.17) is 0 Å². The normalized spacial score (nSPS) is 15.0. The summed E-state index contributed by atoms with van der Waals surface area (Å²) in [5, 5.41) is 8.51. The van der Waals surface area contributed by atoms with E-state index >= 15 is 0 Å². The summed E-state index contributed by atoms with van der Waals surface area (Å²) in [5.74, 6) is 2.82. The number of rotatable bonds is 5. The fraction of sp³-hybridized carbons (Fsp3) is 0.444. The largest absolute Gasteiger partial charge is 0.363 e. The van der Waals surface area contributed by atoms with E-state index in [0.717, 1.165) is 37.6 Å². The summed E-state index contributed by atoms with van der Waals surface area (Å²) in [7, 11) is 3.94. The van der Waals surface area contributed by atoms with Gasteiger partial charge in [-0.25, -0.2) is 24.3 Å². The van der Waals surface area contributed by atoms with E-state index in [9.17, 15) is 4.79 Å². The van der Waals surface area contributed by atoms with Crippen molar-refractivity contribution in [1.29, 1.82) is 0 Å². The first-order valence-corrected chi connectivity index (χ1v) is 9.27. The van der Waals surface area contributed by atoms with Crippen LogP contribution in [0.5, 0.6) is 0 Å². The Hall–Kier alpha value is -3.30. The number of aromatic nitrogens is 7. The van der Waals surface area contributed by atoms with Crippen molar-refractivity contribution >= 4 is 11.6 Å². The molecule has 1 aliphatic heterocycles. The highest BCUT2D eigenvalue weighted by Crippen LogP contribution is 2.24. The Kier molecular flexibility index (Phi) is 5.00. The van der Waals surface area contributed by atoms with Crippen LogP contribution in [0, 0.1) is 5.92 Å². The molecule has 1 saturated heterocycles. The quantitative estimate of drug-likeness (QED) is 0.634. The molecular weight excluding hydrogens is 358 g/mol. The van der Waals surface area contributed by atoms with Crippen molar-refractivity contribution in [1.82, 2.24) is 34.5 Å². The van der Waals surface area contributed by atoms with Gasteiger partial charge in [0.1, 0.15) is 30.6 Å². The minimum Gasteiger partial charge on any atom is -0.363 e. The van der Waals surface area contributed by atoms with Gasteiger partial charge in [-0.05, 0) is 24.8 Å². The van der Waals surface area contributed by atoms with Crippen LogP contribution in [0.3, 0.4) is 0 Å². The number of piperidine rings is 1. The van der Waals surface area contributed by atoms with E-state index in [1.165, 1.54) is 17.1 Å². The molecule has 0 saturated carbocycles. The second-order valence-electron chi connectivity index (χ2n) is 7.11. The van der Waals surface area contributed by atoms with Crippen LogP contribution < -0.4 is 15.4 Å². The first-order chi connectivity index (χ1) is 13.6. The Morgan fingerprint density at radius 1 is 1.11 bits per heavy atom. The van der Waals surface area contributed by atoms with Crippen LogP contribution >= 0.6 is 0 Å². The first-order valence-electron chi connectivity index (χ1n) is 9.27. The van der Waals surface area contributed by atoms with Crippen LogP contribution in [0.2, 0.25) is 0 Å². The Balaban J connectivity index is 1.42. The lowest BCUT2D eigenvalue weighted by atomic mass is 9.97. The number of hydrogen-bond acceptors (Lipinski definition) is 8. The van der Waals surface area contributed by atoms with Gasteiger partial charge in [-0.2, -0.15) is 5.10 Å². The predicted octanol–water partition coefficient (Wildman–Crippen LogP) is 0.597. The summed E-state index contributed by atoms with van der Waals surface area (Å²) in [6.45, 7) is 2.39. The molecule has 0 atom stereocenters. The Morgan fingerprint density at radius 3 is 2.64 bits per heavy atom. The van der Waals surface area contributed by atoms with Crippen molar-refractivity contribution in [3.8, 4) is 5.82 Å². The molecule has 3 aromatic rings. The maximum Gasteiger partial charge on any atom is 0.266 e. The van der Waals surface area contributed by atoms with Gasteiger partial charge in [0, 0.05) is 45.9 Å². The molecule has 0 radical (unpaired) electrons. The molecule has 1 aliphatic rings. The monoisotopic (exact) mass is 381 g/mol. The predicted molar refractivity (Wildman–Crippen MR) is 105 cm³/mol. The van der Waals surface area contributed by atoms with Gasteiger partial charge in [0.2, 0.25) is 0 Å². The summed E-state index contributed by atoms with van der Waals surface area (Å²) < 4.78 is 3.09. The molecule has 3 aromatic heterocycles. The lowest BCUT2D eigenvalue weighted by Crippen LogP contribution is -2.37. The summed E-state index contributed by atoms with van der Waals surface area (Å²) in [6.07, 6.45) is 6.57. The van der Waals surface area contributed by atoms with E-state index in [-0.39, 0.29) is 5.56 Å². The van der Waals surface area contributed by atoms with E-state index in [1.54, 1.807) is 23.4 Å². The smallest absolute Gasteiger partial charge is 0.266 e. The molecule has 146 valence electrons. The zero-order valence-electron chi connectivity index (χ0n) is 16.0. The summed E-state index contributed by atoms with van der Waals surface area (Å²) in [5.41, 5.74) is -0.0993. The molecule has 10 nitrogen and oxygen atoms in total. The Bertz CT molecular complexity index is 975. The molecule has 28 heavy (non-hydrogen) atoms. The topological polar surface area (TPSA) is 97.9 Å². The number of anilines is 2. The van der Waals surface area contributed by atoms with Gasteiger partial charge in [0.05, 0.1) is 0 Å². The van der Waals surface area contributed by atoms with Gasteiger partial charge >= 0.3 is 0 Å². The molecule has 0 amide bonds. The number of hydrogen-bond donors (Lipinski definition) is 0. The highest BCUT2D eigenvalue weighted by Gasteiger charge is 2.22. The summed E-state index contributed by atoms with van der Waals surface area (Å²) >= 11 is 0. The fourth-order valence-electron chi connectivity index (χ4n) is 3.36. The van der Waals surface area contributed by atoms with Gasteiger partial charge in [-0.1, -0.05) is 0 Å². The molecule has 4 rings (SSSR count). The van der Waals surface area contributed by atoms with E-state index < -0.39 is 0 Å². The van der Waals surface area contributed by atoms with Crippen molar-refractivity contribution < 1.29 is 0 Å². The molecule has 4 heterocycles. The highest BCUT2D eigenvalue weighted by molar-refractivity contribution is 5.49. The van der Waals surface area contributed by atoms with Crippen molar-refractivity contribution in [3.05, 3.63) is 47.5 Å². The second kappa shape index (κ2) is 7.75. The van der Waals surface area contributed by atoms with Gasteiger partial charge in [0.15, 0.2) is 5.82 Å². The van der Waals surface area contributed by atoms with Gasteiger partial charge < -0.3 is 9.80 Å². The molecule has 0 spiro atoms. The van der Waals surface area contributed by atoms with Gasteiger partial charge in [-0.15, -0.1) is 5.10 Å². The number of nitrogens with zero attached hydrogens (tertiary/aromatic N) is 9. The zero-order chi connectivity index (χ0) is 19.5. The third-order valence-electron chi connectivity index (χ3n) is 4.97. The average molecular weight is 381 g/mol. The lowest BCUT2D eigenvalue weighted by molar-refractivity contribution is 0.333. The van der Waals surface area contributed by atoms with Crippen LogP contribution in [-0.2, 0) is 6.54 Å². The molecular formula is C18H23N9O. The third kappa shape index (κ3) is 3.85. The summed E-state index contributed by atoms with van der Waals surface area (Å²) in [4.78, 5) is 29.1. The fourth-order valence-corrected chi connectivity index (χ4v) is 3.36. The maximum atomic E-state index is 12.2. The first kappa shape index (κ1) is 18.1. The van der Waals surface area contributed by atoms with Crippen LogP contribution in [0.25, 0.3) is 5.82 Å². The molecule has 0 aliphatic carbocycles. The maximum absolute atomic E-state index is 12.2. The van der Waals surface area contributed by atoms with Crippen LogP contribution in [0.15, 0.2) is 42.0 Å². The molecule has 0 N–H and O–H groups in total. The van der Waals surface area contributed by atoms with Gasteiger partial charge in [-0.3, -0.25) is 4.79 Å². The Morgan fingerprint density at radius 2 is 1.93 bits per heavy atom. The van der Waals surface area contributed by atoms with Gasteiger partial charge in [0.25, 0.3) is 5.56 Å². The zero-order valence-corrected chi connectivity index (χ0v) is 16.0. The van der Waals surface area contributed by atoms with Crippen LogP contribution in [-0.4, -0.2) is 61.7 Å². The SMILES string of the molecule is CN(C)c1cc(N2CCC(Cn3nc(-n4cncn4)ccc3=O)CC2)ncn1. The van der Waals surface area contributed by atoms with E-state index in [1.807, 2.05) is 25.1 Å². The standard InChI is InChI=1S/C18H23N9O/c1-24(2)16-9-17(21-12-20-16)25-7-5-14(6-8-25)10-26-18(28)4-3-15(23-26)27-13-19-11-22-27/h3-4,9,11-14H,5-8,10H2,1-2H3. The molecule has 0 unspecified atom stereocenters. The van der Waals surface area contributed by atoms with Crippen LogP contribution in [0.4, 0.5) is 11.6 Å². The summed E-state index contributed by atoms with van der Waals surface area (Å²) in [6, 6.07) is 5.20. The average Bonchev–Trinajstić information content (AvgIpc) is 3.25. The molecule has 1 fully saturated rings. The van der Waals surface area contributed by atoms with Crippen LogP contribution in [0.1, 0.15) is 12.8 Å². The van der Waals surface area contributed by atoms with Crippen molar-refractivity contribution in [2.75, 3.05) is 37.0 Å². The van der Waals surface area contributed by atoms with E-state index in [2.05, 4.69) is 30.0 Å². The Labute approximate surface area is 162 Å². The van der Waals surface area contributed by atoms with Crippen molar-refractivity contribution in [2.24, 2.45) is 5.92 Å². The van der Waals surface area contributed by atoms with E-state index in [0.29, 0.717) is 18.3 Å². The second-order valence-corrected chi connectivity index (χ2v) is 7.11. The van der Waals surface area contributed by atoms with Crippen molar-refractivity contribution in [3.63, 3.8) is 0 Å². The highest BCUT2D eigenvalue weighted by atomic mass is 16.1. The molecule has 0 aromatic carbocycles. The molecule has 10 heteroatoms. The van der Waals surface area contributed by atoms with Crippen molar-refractivity contribution in [2.45, 2.75) is 19.4 Å².